The van der Waals surface area contributed by atoms with E-state index in [9.17, 15) is 9.59 Å². The minimum atomic E-state index is -0.732. The molecule has 1 N–H and O–H groups in total. The van der Waals surface area contributed by atoms with Gasteiger partial charge in [0.05, 0.1) is 10.7 Å². The molecular weight excluding hydrogens is 360 g/mol. The topological polar surface area (TPSA) is 50.6 Å². The molecule has 0 saturated heterocycles. The molecule has 2 heterocycles. The lowest BCUT2D eigenvalue weighted by atomic mass is 10.0. The van der Waals surface area contributed by atoms with Crippen LogP contribution in [0.15, 0.2) is 85.1 Å². The fraction of sp³-hybridized carbons (Fsp3) is 0. The lowest BCUT2D eigenvalue weighted by Crippen LogP contribution is -2.24. The number of halogens is 1. The van der Waals surface area contributed by atoms with E-state index in [4.69, 9.17) is 11.6 Å². The van der Waals surface area contributed by atoms with Crippen LogP contribution >= 0.6 is 11.6 Å². The summed E-state index contributed by atoms with van der Waals surface area (Å²) >= 11 is 6.09. The highest BCUT2D eigenvalue weighted by Crippen LogP contribution is 2.29. The van der Waals surface area contributed by atoms with Crippen LogP contribution in [0, 0.1) is 0 Å². The molecule has 4 rings (SSSR count). The van der Waals surface area contributed by atoms with Gasteiger partial charge in [-0.3, -0.25) is 9.59 Å². The zero-order chi connectivity index (χ0) is 18.8. The molecule has 0 unspecified atom stereocenters. The second-order valence-corrected chi connectivity index (χ2v) is 6.44. The van der Waals surface area contributed by atoms with Crippen molar-refractivity contribution in [2.24, 2.45) is 0 Å². The molecule has 2 aromatic carbocycles. The molecule has 132 valence electrons. The Bertz CT molecular complexity index is 1150. The van der Waals surface area contributed by atoms with Gasteiger partial charge >= 0.3 is 0 Å². The normalized spacial score (nSPS) is 10.7. The summed E-state index contributed by atoms with van der Waals surface area (Å²) in [4.78, 5) is 25.7. The number of fused-ring (bicyclic) bond motifs is 1. The standard InChI is InChI=1S/C22H15ClN2O2/c23-18-11-4-5-12-19(18)24-22(27)21(26)20-17(15-8-2-1-3-9-15)14-16-10-6-7-13-25(16)20/h1-14H,(H,24,27). The predicted octanol–water partition coefficient (Wildman–Crippen LogP) is 5.08. The molecule has 0 spiro atoms. The summed E-state index contributed by atoms with van der Waals surface area (Å²) in [6.45, 7) is 0. The average Bonchev–Trinajstić information content (AvgIpc) is 3.09. The summed E-state index contributed by atoms with van der Waals surface area (Å²) in [6.07, 6.45) is 1.78. The van der Waals surface area contributed by atoms with Crippen LogP contribution in [-0.2, 0) is 4.79 Å². The first-order chi connectivity index (χ1) is 13.1. The van der Waals surface area contributed by atoms with Crippen molar-refractivity contribution in [3.63, 3.8) is 0 Å². The highest BCUT2D eigenvalue weighted by Gasteiger charge is 2.25. The molecule has 0 atom stereocenters. The van der Waals surface area contributed by atoms with Crippen molar-refractivity contribution in [1.29, 1.82) is 0 Å². The number of hydrogen-bond acceptors (Lipinski definition) is 2. The third-order valence-corrected chi connectivity index (χ3v) is 4.64. The molecule has 0 radical (unpaired) electrons. The van der Waals surface area contributed by atoms with Gasteiger partial charge in [-0.2, -0.15) is 0 Å². The fourth-order valence-corrected chi connectivity index (χ4v) is 3.23. The maximum Gasteiger partial charge on any atom is 0.298 e. The predicted molar refractivity (Wildman–Crippen MR) is 107 cm³/mol. The van der Waals surface area contributed by atoms with Crippen LogP contribution < -0.4 is 5.32 Å². The minimum Gasteiger partial charge on any atom is -0.318 e. The Labute approximate surface area is 161 Å². The van der Waals surface area contributed by atoms with E-state index in [0.29, 0.717) is 22.0 Å². The van der Waals surface area contributed by atoms with Crippen LogP contribution in [0.3, 0.4) is 0 Å². The Hall–Kier alpha value is -3.37. The number of aromatic nitrogens is 1. The van der Waals surface area contributed by atoms with Crippen molar-refractivity contribution >= 4 is 34.5 Å². The van der Waals surface area contributed by atoms with Gasteiger partial charge in [0.25, 0.3) is 11.7 Å². The minimum absolute atomic E-state index is 0.321. The molecule has 4 aromatic rings. The van der Waals surface area contributed by atoms with E-state index in [0.717, 1.165) is 11.1 Å². The summed E-state index contributed by atoms with van der Waals surface area (Å²) in [5, 5.41) is 2.98. The number of nitrogens with one attached hydrogen (secondary N) is 1. The lowest BCUT2D eigenvalue weighted by molar-refractivity contribution is -0.112. The van der Waals surface area contributed by atoms with Gasteiger partial charge in [0.2, 0.25) is 0 Å². The molecule has 0 aliphatic carbocycles. The summed E-state index contributed by atoms with van der Waals surface area (Å²) in [5.41, 5.74) is 3.14. The van der Waals surface area contributed by atoms with Crippen LogP contribution in [0.5, 0.6) is 0 Å². The second-order valence-electron chi connectivity index (χ2n) is 6.03. The first-order valence-corrected chi connectivity index (χ1v) is 8.78. The van der Waals surface area contributed by atoms with Crippen LogP contribution in [0.1, 0.15) is 10.5 Å². The second kappa shape index (κ2) is 7.09. The van der Waals surface area contributed by atoms with Crippen molar-refractivity contribution in [2.75, 3.05) is 5.32 Å². The Morgan fingerprint density at radius 3 is 2.33 bits per heavy atom. The van der Waals surface area contributed by atoms with E-state index in [-0.39, 0.29) is 0 Å². The largest absolute Gasteiger partial charge is 0.318 e. The smallest absolute Gasteiger partial charge is 0.298 e. The summed E-state index contributed by atoms with van der Waals surface area (Å²) in [6, 6.07) is 23.9. The number of ketones is 1. The van der Waals surface area contributed by atoms with Crippen molar-refractivity contribution in [3.05, 3.63) is 95.8 Å². The Balaban J connectivity index is 1.79. The highest BCUT2D eigenvalue weighted by molar-refractivity contribution is 6.48. The maximum absolute atomic E-state index is 13.1. The zero-order valence-electron chi connectivity index (χ0n) is 14.2. The number of pyridine rings is 1. The van der Waals surface area contributed by atoms with Crippen molar-refractivity contribution < 1.29 is 9.59 Å². The Morgan fingerprint density at radius 1 is 0.852 bits per heavy atom. The van der Waals surface area contributed by atoms with Gasteiger partial charge in [0.15, 0.2) is 0 Å². The molecule has 4 nitrogen and oxygen atoms in total. The number of para-hydroxylation sites is 1. The van der Waals surface area contributed by atoms with E-state index < -0.39 is 11.7 Å². The molecule has 0 saturated carbocycles. The molecule has 0 fully saturated rings. The third-order valence-electron chi connectivity index (χ3n) is 4.31. The van der Waals surface area contributed by atoms with Crippen LogP contribution in [0.4, 0.5) is 5.69 Å². The lowest BCUT2D eigenvalue weighted by Gasteiger charge is -2.08. The number of carbonyl (C=O) groups excluding carboxylic acids is 2. The summed E-state index contributed by atoms with van der Waals surface area (Å²) in [5.74, 6) is -1.36. The van der Waals surface area contributed by atoms with Gasteiger partial charge in [0, 0.05) is 17.3 Å². The molecule has 27 heavy (non-hydrogen) atoms. The monoisotopic (exact) mass is 374 g/mol. The van der Waals surface area contributed by atoms with Crippen molar-refractivity contribution in [3.8, 4) is 11.1 Å². The molecule has 0 bridgehead atoms. The number of anilines is 1. The molecular formula is C22H15ClN2O2. The number of amides is 1. The van der Waals surface area contributed by atoms with Gasteiger partial charge in [-0.05, 0) is 35.9 Å². The van der Waals surface area contributed by atoms with Crippen LogP contribution in [-0.4, -0.2) is 16.1 Å². The van der Waals surface area contributed by atoms with Crippen LogP contribution in [0.2, 0.25) is 5.02 Å². The van der Waals surface area contributed by atoms with Crippen molar-refractivity contribution in [2.45, 2.75) is 0 Å². The van der Waals surface area contributed by atoms with E-state index in [2.05, 4.69) is 5.32 Å². The Kier molecular flexibility index (Phi) is 4.48. The van der Waals surface area contributed by atoms with Gasteiger partial charge in [-0.15, -0.1) is 0 Å². The summed E-state index contributed by atoms with van der Waals surface area (Å²) < 4.78 is 1.73. The fourth-order valence-electron chi connectivity index (χ4n) is 3.04. The number of Topliss-reactive ketones (excluding diaryl/α,β-unsaturated/α-hetero) is 1. The van der Waals surface area contributed by atoms with Gasteiger partial charge < -0.3 is 9.72 Å². The molecule has 0 aliphatic heterocycles. The van der Waals surface area contributed by atoms with Gasteiger partial charge in [0.1, 0.15) is 5.69 Å². The van der Waals surface area contributed by atoms with E-state index in [1.54, 1.807) is 34.9 Å². The summed E-state index contributed by atoms with van der Waals surface area (Å²) in [7, 11) is 0. The quantitative estimate of drug-likeness (QED) is 0.400. The van der Waals surface area contributed by atoms with Crippen molar-refractivity contribution in [1.82, 2.24) is 4.40 Å². The number of nitrogens with zero attached hydrogens (tertiary/aromatic N) is 1. The van der Waals surface area contributed by atoms with E-state index in [1.807, 2.05) is 54.6 Å². The number of hydrogen-bond donors (Lipinski definition) is 1. The van der Waals surface area contributed by atoms with Gasteiger partial charge in [-0.1, -0.05) is 60.1 Å². The molecule has 5 heteroatoms. The number of carbonyl (C=O) groups is 2. The molecule has 1 amide bonds. The SMILES string of the molecule is O=C(Nc1ccccc1Cl)C(=O)c1c(-c2ccccc2)cc2ccccn12. The maximum atomic E-state index is 13.1. The number of benzene rings is 2. The zero-order valence-corrected chi connectivity index (χ0v) is 15.0. The number of rotatable bonds is 4. The van der Waals surface area contributed by atoms with Crippen LogP contribution in [0.25, 0.3) is 16.6 Å². The van der Waals surface area contributed by atoms with Gasteiger partial charge in [-0.25, -0.2) is 0 Å². The first-order valence-electron chi connectivity index (χ1n) is 8.41. The molecule has 0 aliphatic rings. The first kappa shape index (κ1) is 17.1. The Morgan fingerprint density at radius 2 is 1.56 bits per heavy atom. The molecule has 2 aromatic heterocycles. The highest BCUT2D eigenvalue weighted by atomic mass is 35.5. The van der Waals surface area contributed by atoms with E-state index in [1.165, 1.54) is 0 Å². The third kappa shape index (κ3) is 3.23. The average molecular weight is 375 g/mol. The van der Waals surface area contributed by atoms with E-state index >= 15 is 0 Å².